The Labute approximate surface area is 216 Å². The van der Waals surface area contributed by atoms with Crippen LogP contribution in [0.25, 0.3) is 0 Å². The molecule has 0 fully saturated rings. The Kier molecular flexibility index (Phi) is 8.25. The number of thiophene rings is 1. The van der Waals surface area contributed by atoms with Crippen molar-refractivity contribution < 1.29 is 23.7 Å². The molecule has 4 rings (SSSR count). The molecule has 1 heterocycles. The smallest absolute Gasteiger partial charge is 0.258 e. The lowest BCUT2D eigenvalue weighted by atomic mass is 9.88. The van der Waals surface area contributed by atoms with Gasteiger partial charge >= 0.3 is 0 Å². The molecular weight excluding hydrogens is 476 g/mol. The topological polar surface area (TPSA) is 78.1 Å². The van der Waals surface area contributed by atoms with Crippen LogP contribution in [0.5, 0.6) is 23.0 Å². The quantitative estimate of drug-likeness (QED) is 0.340. The molecule has 0 aliphatic heterocycles. The van der Waals surface area contributed by atoms with Crippen molar-refractivity contribution in [3.05, 3.63) is 58.0 Å². The van der Waals surface area contributed by atoms with Gasteiger partial charge in [-0.1, -0.05) is 6.92 Å². The van der Waals surface area contributed by atoms with Crippen molar-refractivity contribution in [3.63, 3.8) is 0 Å². The van der Waals surface area contributed by atoms with Crippen LogP contribution in [-0.2, 0) is 19.4 Å². The molecule has 1 atom stereocenters. The normalized spacial score (nSPS) is 14.5. The van der Waals surface area contributed by atoms with Gasteiger partial charge in [0.05, 0.1) is 33.5 Å². The zero-order valence-electron chi connectivity index (χ0n) is 21.5. The van der Waals surface area contributed by atoms with Gasteiger partial charge in [0.1, 0.15) is 10.8 Å². The Balaban J connectivity index is 1.61. The van der Waals surface area contributed by atoms with Gasteiger partial charge in [0.15, 0.2) is 11.5 Å². The molecule has 1 aliphatic carbocycles. The van der Waals surface area contributed by atoms with Crippen LogP contribution in [0.3, 0.4) is 0 Å². The predicted molar refractivity (Wildman–Crippen MR) is 144 cm³/mol. The van der Waals surface area contributed by atoms with Crippen LogP contribution in [0.4, 0.5) is 10.7 Å². The fourth-order valence-electron chi connectivity index (χ4n) is 4.59. The van der Waals surface area contributed by atoms with Gasteiger partial charge in [0, 0.05) is 22.7 Å². The van der Waals surface area contributed by atoms with Gasteiger partial charge in [-0.2, -0.15) is 0 Å². The van der Waals surface area contributed by atoms with E-state index in [-0.39, 0.29) is 5.91 Å². The molecule has 0 radical (unpaired) electrons. The van der Waals surface area contributed by atoms with Gasteiger partial charge in [-0.05, 0) is 74.1 Å². The van der Waals surface area contributed by atoms with E-state index in [0.29, 0.717) is 36.3 Å². The van der Waals surface area contributed by atoms with E-state index in [1.165, 1.54) is 4.88 Å². The summed E-state index contributed by atoms with van der Waals surface area (Å²) in [5, 5.41) is 7.47. The Hall–Kier alpha value is -3.39. The maximum Gasteiger partial charge on any atom is 0.258 e. The summed E-state index contributed by atoms with van der Waals surface area (Å²) in [5.74, 6) is 3.05. The number of carbonyl (C=O) groups is 1. The molecule has 192 valence electrons. The van der Waals surface area contributed by atoms with E-state index in [1.54, 1.807) is 32.7 Å². The van der Waals surface area contributed by atoms with E-state index in [1.807, 2.05) is 43.3 Å². The number of rotatable bonds is 10. The summed E-state index contributed by atoms with van der Waals surface area (Å²) in [4.78, 5) is 14.8. The first-order chi connectivity index (χ1) is 17.5. The lowest BCUT2D eigenvalue weighted by molar-refractivity contribution is 0.102. The molecule has 36 heavy (non-hydrogen) atoms. The van der Waals surface area contributed by atoms with Crippen molar-refractivity contribution in [2.75, 3.05) is 38.6 Å². The molecule has 8 heteroatoms. The number of fused-ring (bicyclic) bond motifs is 1. The third kappa shape index (κ3) is 5.38. The molecule has 7 nitrogen and oxygen atoms in total. The highest BCUT2D eigenvalue weighted by Crippen LogP contribution is 2.42. The number of anilines is 2. The largest absolute Gasteiger partial charge is 0.494 e. The van der Waals surface area contributed by atoms with E-state index in [4.69, 9.17) is 18.9 Å². The minimum absolute atomic E-state index is 0.104. The summed E-state index contributed by atoms with van der Waals surface area (Å²) in [7, 11) is 4.80. The number of hydrogen-bond acceptors (Lipinski definition) is 7. The fraction of sp³-hybridized carbons (Fsp3) is 0.393. The number of amides is 1. The van der Waals surface area contributed by atoms with E-state index in [0.717, 1.165) is 52.4 Å². The summed E-state index contributed by atoms with van der Waals surface area (Å²) in [6, 6.07) is 11.3. The van der Waals surface area contributed by atoms with Crippen LogP contribution in [0.15, 0.2) is 36.4 Å². The van der Waals surface area contributed by atoms with Crippen LogP contribution in [0, 0.1) is 5.92 Å². The highest BCUT2D eigenvalue weighted by molar-refractivity contribution is 7.16. The second-order valence-electron chi connectivity index (χ2n) is 8.81. The van der Waals surface area contributed by atoms with Crippen molar-refractivity contribution in [3.8, 4) is 23.0 Å². The first-order valence-electron chi connectivity index (χ1n) is 12.2. The van der Waals surface area contributed by atoms with Gasteiger partial charge < -0.3 is 29.6 Å². The highest BCUT2D eigenvalue weighted by Gasteiger charge is 2.28. The first-order valence-corrected chi connectivity index (χ1v) is 13.0. The summed E-state index contributed by atoms with van der Waals surface area (Å²) in [6.07, 6.45) is 2.97. The van der Waals surface area contributed by atoms with Crippen LogP contribution < -0.4 is 29.6 Å². The van der Waals surface area contributed by atoms with Gasteiger partial charge in [0.2, 0.25) is 5.75 Å². The van der Waals surface area contributed by atoms with Crippen LogP contribution in [0.1, 0.15) is 46.6 Å². The average molecular weight is 511 g/mol. The van der Waals surface area contributed by atoms with Crippen molar-refractivity contribution >= 4 is 27.9 Å². The molecule has 0 bridgehead atoms. The summed E-state index contributed by atoms with van der Waals surface area (Å²) in [6.45, 7) is 5.29. The van der Waals surface area contributed by atoms with Crippen LogP contribution >= 0.6 is 11.3 Å². The van der Waals surface area contributed by atoms with Crippen molar-refractivity contribution in [1.29, 1.82) is 0 Å². The van der Waals surface area contributed by atoms with Crippen molar-refractivity contribution in [1.82, 2.24) is 0 Å². The third-order valence-corrected chi connectivity index (χ3v) is 7.60. The molecular formula is C28H34N2O5S. The molecule has 0 saturated carbocycles. The number of methoxy groups -OCH3 is 3. The SMILES string of the molecule is CCOc1ccc(NC(=O)c2c(NCc3ccc(OC)c(OC)c3OC)sc3c2CCC(C)C3)cc1. The average Bonchev–Trinajstić information content (AvgIpc) is 3.25. The molecule has 0 spiro atoms. The number of hydrogen-bond donors (Lipinski definition) is 2. The Morgan fingerprint density at radius 2 is 1.78 bits per heavy atom. The minimum atomic E-state index is -0.104. The van der Waals surface area contributed by atoms with Crippen molar-refractivity contribution in [2.24, 2.45) is 5.92 Å². The van der Waals surface area contributed by atoms with Gasteiger partial charge in [-0.15, -0.1) is 11.3 Å². The number of benzene rings is 2. The first kappa shape index (κ1) is 25.7. The van der Waals surface area contributed by atoms with Crippen LogP contribution in [-0.4, -0.2) is 33.8 Å². The predicted octanol–water partition coefficient (Wildman–Crippen LogP) is 6.16. The molecule has 1 unspecified atom stereocenters. The standard InChI is InChI=1S/C28H34N2O5S/c1-6-35-20-11-9-19(10-12-20)30-27(31)24-21-13-7-17(2)15-23(21)36-28(24)29-16-18-8-14-22(32-3)26(34-5)25(18)33-4/h8-12,14,17,29H,6-7,13,15-16H2,1-5H3,(H,30,31). The minimum Gasteiger partial charge on any atom is -0.494 e. The lowest BCUT2D eigenvalue weighted by Gasteiger charge is -2.19. The van der Waals surface area contributed by atoms with Gasteiger partial charge in [0.25, 0.3) is 5.91 Å². The molecule has 3 aromatic rings. The van der Waals surface area contributed by atoms with E-state index >= 15 is 0 Å². The number of ether oxygens (including phenoxy) is 4. The zero-order chi connectivity index (χ0) is 25.7. The van der Waals surface area contributed by atoms with Crippen molar-refractivity contribution in [2.45, 2.75) is 39.7 Å². The molecule has 0 saturated heterocycles. The summed E-state index contributed by atoms with van der Waals surface area (Å²) < 4.78 is 22.1. The maximum absolute atomic E-state index is 13.5. The number of carbonyl (C=O) groups excluding carboxylic acids is 1. The third-order valence-electron chi connectivity index (χ3n) is 6.39. The zero-order valence-corrected chi connectivity index (χ0v) is 22.3. The Bertz CT molecular complexity index is 1210. The summed E-state index contributed by atoms with van der Waals surface area (Å²) in [5.41, 5.74) is 3.53. The second kappa shape index (κ2) is 11.6. The molecule has 1 aromatic heterocycles. The molecule has 2 N–H and O–H groups in total. The molecule has 2 aromatic carbocycles. The monoisotopic (exact) mass is 510 g/mol. The Morgan fingerprint density at radius 3 is 2.44 bits per heavy atom. The van der Waals surface area contributed by atoms with E-state index < -0.39 is 0 Å². The number of nitrogens with one attached hydrogen (secondary N) is 2. The van der Waals surface area contributed by atoms with E-state index in [9.17, 15) is 4.79 Å². The second-order valence-corrected chi connectivity index (χ2v) is 9.92. The molecule has 1 amide bonds. The maximum atomic E-state index is 13.5. The molecule has 1 aliphatic rings. The van der Waals surface area contributed by atoms with Crippen LogP contribution in [0.2, 0.25) is 0 Å². The van der Waals surface area contributed by atoms with Gasteiger partial charge in [-0.3, -0.25) is 4.79 Å². The highest BCUT2D eigenvalue weighted by atomic mass is 32.1. The van der Waals surface area contributed by atoms with E-state index in [2.05, 4.69) is 17.6 Å². The summed E-state index contributed by atoms with van der Waals surface area (Å²) >= 11 is 1.68. The Morgan fingerprint density at radius 1 is 1.03 bits per heavy atom. The lowest BCUT2D eigenvalue weighted by Crippen LogP contribution is -2.18. The fourth-order valence-corrected chi connectivity index (χ4v) is 5.99. The van der Waals surface area contributed by atoms with Gasteiger partial charge in [-0.25, -0.2) is 0 Å².